The van der Waals surface area contributed by atoms with Crippen LogP contribution in [-0.4, -0.2) is 0 Å². The van der Waals surface area contributed by atoms with Gasteiger partial charge in [0.2, 0.25) is 0 Å². The fourth-order valence-corrected chi connectivity index (χ4v) is 0. The van der Waals surface area contributed by atoms with Gasteiger partial charge in [0, 0.05) is 0 Å². The smallest absolute Gasteiger partial charge is 2.00 e. The topological polar surface area (TPSA) is 142 Å². The fraction of sp³-hybridized carbons (Fsp3) is 0. The Bertz CT molecular complexity index is 12.9. The third-order valence-corrected chi connectivity index (χ3v) is 0. The molecule has 0 saturated carbocycles. The molecule has 0 fully saturated rings. The van der Waals surface area contributed by atoms with Crippen molar-refractivity contribution >= 4 is 0 Å². The van der Waals surface area contributed by atoms with Crippen LogP contribution in [0.5, 0.6) is 0 Å². The first-order chi connectivity index (χ1) is 0. The molecule has 0 saturated heterocycles. The van der Waals surface area contributed by atoms with E-state index in [2.05, 4.69) is 0 Å². The van der Waals surface area contributed by atoms with Crippen molar-refractivity contribution in [1.82, 2.24) is 0 Å². The Labute approximate surface area is 104 Å². The van der Waals surface area contributed by atoms with E-state index in [0.29, 0.717) is 0 Å². The standard InChI is InChI=1S/5O.2Rh.2Zn/q5*-2;2*+3;2*+2. The molecule has 0 unspecified atom stereocenters. The SMILES string of the molecule is [O-2].[O-2].[O-2].[O-2].[O-2].[Rh+3].[Rh+3].[Zn+2].[Zn+2]. The Morgan fingerprint density at radius 3 is 0.333 bits per heavy atom. The Morgan fingerprint density at radius 2 is 0.333 bits per heavy atom. The Balaban J connectivity index is 0. The zero-order valence-electron chi connectivity index (χ0n) is 4.12. The summed E-state index contributed by atoms with van der Waals surface area (Å²) in [5, 5.41) is 0. The van der Waals surface area contributed by atoms with Crippen LogP contribution in [0.3, 0.4) is 0 Å². The fourth-order valence-electron chi connectivity index (χ4n) is 0. The maximum Gasteiger partial charge on any atom is 3.00 e. The van der Waals surface area contributed by atoms with Crippen molar-refractivity contribution in [2.24, 2.45) is 0 Å². The van der Waals surface area contributed by atoms with Crippen LogP contribution < -0.4 is 0 Å². The van der Waals surface area contributed by atoms with Gasteiger partial charge in [-0.2, -0.15) is 0 Å². The predicted octanol–water partition coefficient (Wildman–Crippen LogP) is -0.604. The summed E-state index contributed by atoms with van der Waals surface area (Å²) in [4.78, 5) is 0. The zero-order chi connectivity index (χ0) is 0. The second-order valence-electron chi connectivity index (χ2n) is 0. The maximum atomic E-state index is 0. The third kappa shape index (κ3) is 135. The molecule has 0 spiro atoms. The summed E-state index contributed by atoms with van der Waals surface area (Å²) in [6, 6.07) is 0. The molecule has 0 radical (unpaired) electrons. The monoisotopic (exact) mass is 414 g/mol. The van der Waals surface area contributed by atoms with Crippen LogP contribution in [0.15, 0.2) is 0 Å². The second kappa shape index (κ2) is 169. The molecule has 0 N–H and O–H groups in total. The maximum absolute atomic E-state index is 0. The summed E-state index contributed by atoms with van der Waals surface area (Å²) in [6.45, 7) is 0. The van der Waals surface area contributed by atoms with E-state index in [4.69, 9.17) is 0 Å². The molecule has 0 aromatic carbocycles. The number of hydrogen-bond acceptors (Lipinski definition) is 0. The minimum absolute atomic E-state index is 0. The Kier molecular flexibility index (Phi) is 4270. The molecule has 9 heteroatoms. The van der Waals surface area contributed by atoms with Crippen molar-refractivity contribution < 1.29 is 105 Å². The van der Waals surface area contributed by atoms with E-state index in [1.807, 2.05) is 0 Å². The first kappa shape index (κ1) is 227. The van der Waals surface area contributed by atoms with Crippen LogP contribution >= 0.6 is 0 Å². The normalized spacial score (nSPS) is 0. The average molecular weight is 417 g/mol. The van der Waals surface area contributed by atoms with Gasteiger partial charge < -0.3 is 27.4 Å². The van der Waals surface area contributed by atoms with Crippen molar-refractivity contribution in [1.29, 1.82) is 0 Å². The van der Waals surface area contributed by atoms with Crippen molar-refractivity contribution in [3.63, 3.8) is 0 Å². The molecule has 0 heterocycles. The van der Waals surface area contributed by atoms with Crippen molar-refractivity contribution in [2.45, 2.75) is 0 Å². The molecule has 0 rings (SSSR count). The molecular weight excluding hydrogens is 417 g/mol. The van der Waals surface area contributed by atoms with Crippen LogP contribution in [0.4, 0.5) is 0 Å². The van der Waals surface area contributed by atoms with Gasteiger partial charge >= 0.3 is 77.9 Å². The summed E-state index contributed by atoms with van der Waals surface area (Å²) in [6.07, 6.45) is 0. The molecule has 5 nitrogen and oxygen atoms in total. The molecular formula is O5Rh2Zn2. The quantitative estimate of drug-likeness (QED) is 0.465. The van der Waals surface area contributed by atoms with Gasteiger partial charge in [0.1, 0.15) is 0 Å². The molecule has 0 atom stereocenters. The average Bonchev–Trinajstić information content (AvgIpc) is 0. The van der Waals surface area contributed by atoms with Gasteiger partial charge in [-0.25, -0.2) is 0 Å². The van der Waals surface area contributed by atoms with Gasteiger partial charge in [-0.1, -0.05) is 0 Å². The van der Waals surface area contributed by atoms with E-state index in [-0.39, 0.29) is 105 Å². The van der Waals surface area contributed by atoms with E-state index < -0.39 is 0 Å². The van der Waals surface area contributed by atoms with Gasteiger partial charge in [-0.3, -0.25) is 0 Å². The third-order valence-electron chi connectivity index (χ3n) is 0. The van der Waals surface area contributed by atoms with Crippen LogP contribution in [-0.2, 0) is 105 Å². The number of rotatable bonds is 0. The zero-order valence-corrected chi connectivity index (χ0v) is 13.3. The molecule has 9 heavy (non-hydrogen) atoms. The van der Waals surface area contributed by atoms with E-state index in [1.165, 1.54) is 0 Å². The van der Waals surface area contributed by atoms with E-state index in [1.54, 1.807) is 0 Å². The van der Waals surface area contributed by atoms with Crippen LogP contribution in [0.25, 0.3) is 0 Å². The first-order valence-corrected chi connectivity index (χ1v) is 0. The van der Waals surface area contributed by atoms with Gasteiger partial charge in [0.15, 0.2) is 0 Å². The van der Waals surface area contributed by atoms with Gasteiger partial charge in [-0.05, 0) is 0 Å². The van der Waals surface area contributed by atoms with E-state index in [9.17, 15) is 0 Å². The van der Waals surface area contributed by atoms with Gasteiger partial charge in [0.25, 0.3) is 0 Å². The summed E-state index contributed by atoms with van der Waals surface area (Å²) >= 11 is 0. The van der Waals surface area contributed by atoms with E-state index >= 15 is 0 Å². The molecule has 0 aliphatic carbocycles. The van der Waals surface area contributed by atoms with Gasteiger partial charge in [0.05, 0.1) is 0 Å². The molecule has 0 amide bonds. The molecule has 0 aliphatic heterocycles. The van der Waals surface area contributed by atoms with Crippen LogP contribution in [0.2, 0.25) is 0 Å². The molecule has 0 aliphatic rings. The molecule has 0 bridgehead atoms. The van der Waals surface area contributed by atoms with E-state index in [0.717, 1.165) is 0 Å². The summed E-state index contributed by atoms with van der Waals surface area (Å²) in [5.41, 5.74) is 0. The Morgan fingerprint density at radius 1 is 0.333 bits per heavy atom. The van der Waals surface area contributed by atoms with Crippen molar-refractivity contribution in [2.75, 3.05) is 0 Å². The minimum atomic E-state index is 0. The molecule has 0 aromatic heterocycles. The Hall–Kier alpha value is 2.29. The largest absolute Gasteiger partial charge is 3.00 e. The molecule has 0 aromatic rings. The predicted molar refractivity (Wildman–Crippen MR) is 3.43 cm³/mol. The number of hydrogen-bond donors (Lipinski definition) is 0. The minimum Gasteiger partial charge on any atom is -2.00 e. The van der Waals surface area contributed by atoms with Crippen LogP contribution in [0, 0.1) is 0 Å². The molecule has 52 valence electrons. The second-order valence-corrected chi connectivity index (χ2v) is 0. The van der Waals surface area contributed by atoms with Crippen LogP contribution in [0.1, 0.15) is 0 Å². The summed E-state index contributed by atoms with van der Waals surface area (Å²) in [5.74, 6) is 0. The van der Waals surface area contributed by atoms with Crippen molar-refractivity contribution in [3.8, 4) is 0 Å². The van der Waals surface area contributed by atoms with Gasteiger partial charge in [-0.15, -0.1) is 0 Å². The van der Waals surface area contributed by atoms with Crippen molar-refractivity contribution in [3.05, 3.63) is 0 Å². The first-order valence-electron chi connectivity index (χ1n) is 0. The summed E-state index contributed by atoms with van der Waals surface area (Å²) in [7, 11) is 0. The summed E-state index contributed by atoms with van der Waals surface area (Å²) < 4.78 is 0.